The fourth-order valence-electron chi connectivity index (χ4n) is 1.88. The third-order valence-electron chi connectivity index (χ3n) is 3.45. The second-order valence-corrected chi connectivity index (χ2v) is 9.39. The van der Waals surface area contributed by atoms with Crippen LogP contribution in [0.3, 0.4) is 0 Å². The van der Waals surface area contributed by atoms with Crippen LogP contribution in [-0.4, -0.2) is 13.1 Å². The summed E-state index contributed by atoms with van der Waals surface area (Å²) in [4.78, 5) is 6.12. The Balaban J connectivity index is 0. The Kier molecular flexibility index (Phi) is 15.5. The molecule has 0 fully saturated rings. The summed E-state index contributed by atoms with van der Waals surface area (Å²) in [6.07, 6.45) is 13.4. The van der Waals surface area contributed by atoms with Crippen LogP contribution in [0.15, 0.2) is 0 Å². The quantitative estimate of drug-likeness (QED) is 0.406. The average Bonchev–Trinajstić information content (AvgIpc) is 2.67. The maximum Gasteiger partial charge on any atom is -0.00773 e. The minimum absolute atomic E-state index is 0.860. The number of nitrogens with two attached hydrogens (primary N) is 2. The molecule has 0 heterocycles. The Morgan fingerprint density at radius 1 is 0.440 bits per heavy atom. The van der Waals surface area contributed by atoms with Gasteiger partial charge in [0.25, 0.3) is 0 Å². The molecule has 8 heteroatoms. The van der Waals surface area contributed by atoms with Crippen LogP contribution in [0.1, 0.15) is 64.2 Å². The topological polar surface area (TPSA) is 171 Å². The van der Waals surface area contributed by atoms with E-state index in [-0.39, 0.29) is 0 Å². The number of nitriles is 5. The molecule has 0 spiro atoms. The third kappa shape index (κ3) is 10.4. The summed E-state index contributed by atoms with van der Waals surface area (Å²) in [5, 5.41) is 41.8. The maximum atomic E-state index is 8.35. The number of rotatable bonds is 11. The van der Waals surface area contributed by atoms with E-state index < -0.39 is 11.8 Å². The van der Waals surface area contributed by atoms with Crippen molar-refractivity contribution in [2.45, 2.75) is 64.2 Å². The molecule has 0 atom stereocenters. The van der Waals surface area contributed by atoms with Gasteiger partial charge in [-0.15, -0.1) is 0 Å². The van der Waals surface area contributed by atoms with Crippen LogP contribution in [0.2, 0.25) is 0 Å². The molecule has 0 aliphatic carbocycles. The number of hydrogen-bond acceptors (Lipinski definition) is 7. The number of unbranched alkanes of at least 4 members (excludes halogenated alkanes) is 9. The molecule has 0 aromatic carbocycles. The molecular weight excluding hydrogens is 358 g/mol. The molecule has 0 unspecified atom stereocenters. The molecular formula is C17H28FeN7. The molecule has 0 aromatic heterocycles. The molecule has 139 valence electrons. The van der Waals surface area contributed by atoms with Gasteiger partial charge in [-0.25, -0.2) is 0 Å². The Morgan fingerprint density at radius 2 is 0.640 bits per heavy atom. The van der Waals surface area contributed by atoms with Crippen molar-refractivity contribution in [3.63, 3.8) is 0 Å². The number of hydrogen-bond donors (Lipinski definition) is 2. The van der Waals surface area contributed by atoms with Crippen LogP contribution >= 0.6 is 0 Å². The van der Waals surface area contributed by atoms with Crippen molar-refractivity contribution in [2.24, 2.45) is 11.5 Å². The summed E-state index contributed by atoms with van der Waals surface area (Å²) in [5.41, 5.74) is 10.9. The summed E-state index contributed by atoms with van der Waals surface area (Å²) in [7, 11) is 0. The van der Waals surface area contributed by atoms with Gasteiger partial charge in [0.05, 0.1) is 0 Å². The number of nitrogens with zero attached hydrogens (tertiary/aromatic N) is 5. The Labute approximate surface area is 152 Å². The standard InChI is InChI=1S/C12H28N2.5CN.Fe/c13-11-9-7-5-3-1-2-4-6-8-10-12-14;5*1-2;/h1-14H2;;;;;;. The van der Waals surface area contributed by atoms with E-state index in [0.717, 1.165) is 13.1 Å². The SMILES string of the molecule is N#[C][Fe]([C]#N)([C]#N)([C]#N)[C]#N.NCCCCCCCCCCCCN. The molecule has 0 bridgehead atoms. The van der Waals surface area contributed by atoms with Crippen LogP contribution in [0, 0.1) is 51.1 Å². The van der Waals surface area contributed by atoms with Crippen LogP contribution in [0.5, 0.6) is 0 Å². The van der Waals surface area contributed by atoms with Crippen molar-refractivity contribution in [1.82, 2.24) is 0 Å². The van der Waals surface area contributed by atoms with Crippen LogP contribution < -0.4 is 11.5 Å². The van der Waals surface area contributed by atoms with Crippen molar-refractivity contribution in [3.05, 3.63) is 0 Å². The van der Waals surface area contributed by atoms with Crippen LogP contribution in [0.25, 0.3) is 0 Å². The van der Waals surface area contributed by atoms with Crippen LogP contribution in [-0.2, 0) is 11.8 Å². The third-order valence-corrected chi connectivity index (χ3v) is 5.92. The van der Waals surface area contributed by atoms with Gasteiger partial charge < -0.3 is 11.5 Å². The Bertz CT molecular complexity index is 457. The zero-order valence-corrected chi connectivity index (χ0v) is 15.8. The smallest absolute Gasteiger partial charge is 0.00773 e. The van der Waals surface area contributed by atoms with Gasteiger partial charge in [0.15, 0.2) is 0 Å². The van der Waals surface area contributed by atoms with Gasteiger partial charge >= 0.3 is 62.9 Å². The first-order chi connectivity index (χ1) is 12.0. The minimum atomic E-state index is -4.78. The molecule has 0 aliphatic heterocycles. The average molecular weight is 386 g/mol. The van der Waals surface area contributed by atoms with Crippen molar-refractivity contribution >= 4 is 0 Å². The van der Waals surface area contributed by atoms with Gasteiger partial charge in [-0.05, 0) is 25.9 Å². The molecule has 0 aromatic rings. The van der Waals surface area contributed by atoms with E-state index in [9.17, 15) is 0 Å². The van der Waals surface area contributed by atoms with E-state index in [4.69, 9.17) is 37.8 Å². The van der Waals surface area contributed by atoms with E-state index in [2.05, 4.69) is 0 Å². The van der Waals surface area contributed by atoms with Gasteiger partial charge in [-0.2, -0.15) is 0 Å². The molecule has 0 aliphatic rings. The predicted molar refractivity (Wildman–Crippen MR) is 92.3 cm³/mol. The second kappa shape index (κ2) is 15.4. The van der Waals surface area contributed by atoms with E-state index in [0.29, 0.717) is 0 Å². The fourth-order valence-corrected chi connectivity index (χ4v) is 2.43. The first-order valence-electron chi connectivity index (χ1n) is 8.32. The molecule has 0 radical (unpaired) electrons. The monoisotopic (exact) mass is 386 g/mol. The van der Waals surface area contributed by atoms with E-state index in [1.807, 2.05) is 0 Å². The van der Waals surface area contributed by atoms with E-state index >= 15 is 0 Å². The van der Waals surface area contributed by atoms with Gasteiger partial charge in [0.1, 0.15) is 0 Å². The van der Waals surface area contributed by atoms with Crippen molar-refractivity contribution in [3.8, 4) is 24.8 Å². The van der Waals surface area contributed by atoms with Gasteiger partial charge in [-0.3, -0.25) is 0 Å². The van der Waals surface area contributed by atoms with Crippen LogP contribution in [0.4, 0.5) is 0 Å². The first kappa shape index (κ1) is 25.1. The van der Waals surface area contributed by atoms with Gasteiger partial charge in [0.2, 0.25) is 0 Å². The zero-order chi connectivity index (χ0) is 19.5. The molecule has 0 rings (SSSR count). The molecule has 0 saturated carbocycles. The largest absolute Gasteiger partial charge is 0.330 e. The molecule has 0 saturated heterocycles. The fraction of sp³-hybridized carbons (Fsp3) is 0.706. The van der Waals surface area contributed by atoms with Crippen molar-refractivity contribution in [2.75, 3.05) is 13.1 Å². The summed E-state index contributed by atoms with van der Waals surface area (Å²) in [6, 6.07) is 0. The van der Waals surface area contributed by atoms with Gasteiger partial charge in [0, 0.05) is 0 Å². The summed E-state index contributed by atoms with van der Waals surface area (Å²) >= 11 is -4.78. The summed E-state index contributed by atoms with van der Waals surface area (Å²) < 4.78 is 0. The molecule has 25 heavy (non-hydrogen) atoms. The first-order valence-corrected chi connectivity index (χ1v) is 11.1. The summed E-state index contributed by atoms with van der Waals surface area (Å²) in [6.45, 7) is 1.72. The van der Waals surface area contributed by atoms with E-state index in [1.165, 1.54) is 89.0 Å². The molecule has 7 nitrogen and oxygen atoms in total. The Morgan fingerprint density at radius 3 is 0.760 bits per heavy atom. The van der Waals surface area contributed by atoms with Crippen molar-refractivity contribution < 1.29 is 11.8 Å². The summed E-state index contributed by atoms with van der Waals surface area (Å²) in [5.74, 6) is 0. The van der Waals surface area contributed by atoms with Gasteiger partial charge in [-0.1, -0.05) is 51.4 Å². The Hall–Kier alpha value is -2.11. The maximum absolute atomic E-state index is 8.35. The predicted octanol–water partition coefficient (Wildman–Crippen LogP) is 2.89. The molecule has 4 N–H and O–H groups in total. The molecule has 0 amide bonds. The zero-order valence-electron chi connectivity index (χ0n) is 14.7. The van der Waals surface area contributed by atoms with E-state index in [1.54, 1.807) is 0 Å². The minimum Gasteiger partial charge on any atom is -0.330 e. The second-order valence-electron chi connectivity index (χ2n) is 5.39. The van der Waals surface area contributed by atoms with Crippen molar-refractivity contribution in [1.29, 1.82) is 26.3 Å². The normalized spacial score (nSPS) is 11.0.